The van der Waals surface area contributed by atoms with Gasteiger partial charge in [0.05, 0.1) is 32.3 Å². The maximum Gasteiger partial charge on any atom is 0.315 e. The lowest BCUT2D eigenvalue weighted by molar-refractivity contribution is 0.238. The number of ether oxygens (including phenoxy) is 3. The lowest BCUT2D eigenvalue weighted by Crippen LogP contribution is -2.36. The van der Waals surface area contributed by atoms with Crippen molar-refractivity contribution in [2.45, 2.75) is 30.7 Å². The lowest BCUT2D eigenvalue weighted by Gasteiger charge is -2.19. The van der Waals surface area contributed by atoms with E-state index in [1.807, 2.05) is 25.1 Å². The van der Waals surface area contributed by atoms with Crippen LogP contribution >= 0.6 is 11.8 Å². The Morgan fingerprint density at radius 3 is 2.48 bits per heavy atom. The first-order chi connectivity index (χ1) is 15.0. The van der Waals surface area contributed by atoms with Gasteiger partial charge in [0.2, 0.25) is 5.75 Å². The topological polar surface area (TPSA) is 85.9 Å². The molecule has 7 nitrogen and oxygen atoms in total. The third-order valence-electron chi connectivity index (χ3n) is 5.33. The number of methoxy groups -OCH3 is 3. The summed E-state index contributed by atoms with van der Waals surface area (Å²) >= 11 is 1.50. The number of amides is 2. The molecule has 0 aromatic heterocycles. The van der Waals surface area contributed by atoms with Crippen LogP contribution in [0.4, 0.5) is 4.79 Å². The van der Waals surface area contributed by atoms with Gasteiger partial charge >= 0.3 is 6.03 Å². The van der Waals surface area contributed by atoms with Gasteiger partial charge in [0.1, 0.15) is 0 Å². The molecule has 2 aromatic carbocycles. The highest BCUT2D eigenvalue weighted by molar-refractivity contribution is 7.99. The third-order valence-corrected chi connectivity index (χ3v) is 6.27. The molecule has 0 fully saturated rings. The molecular formula is C23H28N2O5S. The molecule has 1 aliphatic carbocycles. The van der Waals surface area contributed by atoms with E-state index >= 15 is 0 Å². The SMILES string of the molecule is CCSc1ccc2c(cc1=O)[C@@H](NC(=O)NC)CCc1cc(OC)c(OC)c(OC)c1-2. The number of aryl methyl sites for hydroxylation is 1. The summed E-state index contributed by atoms with van der Waals surface area (Å²) in [6.45, 7) is 2.01. The first-order valence-corrected chi connectivity index (χ1v) is 11.1. The van der Waals surface area contributed by atoms with Crippen LogP contribution in [0.3, 0.4) is 0 Å². The summed E-state index contributed by atoms with van der Waals surface area (Å²) in [5.74, 6) is 2.39. The molecule has 1 aliphatic rings. The summed E-state index contributed by atoms with van der Waals surface area (Å²) in [5.41, 5.74) is 3.35. The van der Waals surface area contributed by atoms with Crippen molar-refractivity contribution < 1.29 is 19.0 Å². The molecular weight excluding hydrogens is 416 g/mol. The molecule has 3 rings (SSSR count). The van der Waals surface area contributed by atoms with E-state index in [1.54, 1.807) is 34.4 Å². The quantitative estimate of drug-likeness (QED) is 0.660. The molecule has 0 saturated carbocycles. The van der Waals surface area contributed by atoms with Crippen molar-refractivity contribution in [1.82, 2.24) is 10.6 Å². The Morgan fingerprint density at radius 2 is 1.87 bits per heavy atom. The molecule has 2 amide bonds. The second-order valence-electron chi connectivity index (χ2n) is 7.00. The van der Waals surface area contributed by atoms with E-state index in [4.69, 9.17) is 14.2 Å². The smallest absolute Gasteiger partial charge is 0.315 e. The van der Waals surface area contributed by atoms with E-state index in [2.05, 4.69) is 10.6 Å². The van der Waals surface area contributed by atoms with Crippen molar-refractivity contribution in [2.75, 3.05) is 34.1 Å². The largest absolute Gasteiger partial charge is 0.493 e. The second-order valence-corrected chi connectivity index (χ2v) is 8.31. The van der Waals surface area contributed by atoms with Crippen molar-refractivity contribution in [3.8, 4) is 28.4 Å². The molecule has 31 heavy (non-hydrogen) atoms. The van der Waals surface area contributed by atoms with E-state index in [9.17, 15) is 9.59 Å². The summed E-state index contributed by atoms with van der Waals surface area (Å²) in [7, 11) is 6.31. The molecule has 0 spiro atoms. The molecule has 2 aromatic rings. The van der Waals surface area contributed by atoms with Crippen molar-refractivity contribution >= 4 is 17.8 Å². The lowest BCUT2D eigenvalue weighted by atomic mass is 9.95. The summed E-state index contributed by atoms with van der Waals surface area (Å²) in [6.07, 6.45) is 1.27. The predicted molar refractivity (Wildman–Crippen MR) is 123 cm³/mol. The number of fused-ring (bicyclic) bond motifs is 3. The van der Waals surface area contributed by atoms with Crippen molar-refractivity contribution in [2.24, 2.45) is 0 Å². The van der Waals surface area contributed by atoms with E-state index in [0.717, 1.165) is 28.0 Å². The number of carbonyl (C=O) groups excluding carboxylic acids is 1. The highest BCUT2D eigenvalue weighted by Gasteiger charge is 2.29. The fourth-order valence-electron chi connectivity index (χ4n) is 3.95. The van der Waals surface area contributed by atoms with Gasteiger partial charge in [-0.25, -0.2) is 4.79 Å². The van der Waals surface area contributed by atoms with E-state index in [0.29, 0.717) is 35.0 Å². The fraction of sp³-hybridized carbons (Fsp3) is 0.391. The van der Waals surface area contributed by atoms with Crippen molar-refractivity contribution in [3.05, 3.63) is 45.6 Å². The minimum absolute atomic E-state index is 0.0697. The zero-order valence-electron chi connectivity index (χ0n) is 18.5. The number of carbonyl (C=O) groups is 1. The van der Waals surface area contributed by atoms with E-state index in [-0.39, 0.29) is 17.5 Å². The molecule has 2 N–H and O–H groups in total. The summed E-state index contributed by atoms with van der Waals surface area (Å²) in [4.78, 5) is 25.8. The van der Waals surface area contributed by atoms with Gasteiger partial charge in [0, 0.05) is 12.6 Å². The minimum atomic E-state index is -0.344. The second kappa shape index (κ2) is 9.96. The number of urea groups is 1. The Kier molecular flexibility index (Phi) is 7.33. The van der Waals surface area contributed by atoms with Gasteiger partial charge in [-0.2, -0.15) is 0 Å². The number of hydrogen-bond donors (Lipinski definition) is 2. The van der Waals surface area contributed by atoms with Crippen LogP contribution in [0.2, 0.25) is 0 Å². The van der Waals surface area contributed by atoms with E-state index in [1.165, 1.54) is 11.8 Å². The highest BCUT2D eigenvalue weighted by Crippen LogP contribution is 2.50. The zero-order chi connectivity index (χ0) is 22.5. The maximum absolute atomic E-state index is 13.0. The summed E-state index contributed by atoms with van der Waals surface area (Å²) in [5, 5.41) is 5.59. The first kappa shape index (κ1) is 22.8. The Bertz CT molecular complexity index is 1040. The van der Waals surface area contributed by atoms with Crippen LogP contribution in [0, 0.1) is 0 Å². The monoisotopic (exact) mass is 444 g/mol. The fourth-order valence-corrected chi connectivity index (χ4v) is 4.63. The predicted octanol–water partition coefficient (Wildman–Crippen LogP) is 3.77. The minimum Gasteiger partial charge on any atom is -0.493 e. The molecule has 0 aliphatic heterocycles. The number of rotatable bonds is 6. The van der Waals surface area contributed by atoms with Crippen LogP contribution in [-0.4, -0.2) is 40.2 Å². The number of thioether (sulfide) groups is 1. The molecule has 1 atom stereocenters. The number of benzene rings is 1. The van der Waals surface area contributed by atoms with Crippen molar-refractivity contribution in [1.29, 1.82) is 0 Å². The van der Waals surface area contributed by atoms with Crippen LogP contribution < -0.4 is 30.3 Å². The molecule has 0 radical (unpaired) electrons. The number of nitrogens with one attached hydrogen (secondary N) is 2. The van der Waals surface area contributed by atoms with Crippen LogP contribution in [0.25, 0.3) is 11.1 Å². The van der Waals surface area contributed by atoms with Crippen LogP contribution in [0.5, 0.6) is 17.2 Å². The molecule has 0 bridgehead atoms. The van der Waals surface area contributed by atoms with Crippen LogP contribution in [-0.2, 0) is 6.42 Å². The zero-order valence-corrected chi connectivity index (χ0v) is 19.3. The highest BCUT2D eigenvalue weighted by atomic mass is 32.2. The maximum atomic E-state index is 13.0. The molecule has 8 heteroatoms. The Morgan fingerprint density at radius 1 is 1.13 bits per heavy atom. The molecule has 166 valence electrons. The average Bonchev–Trinajstić information content (AvgIpc) is 3.02. The van der Waals surface area contributed by atoms with Crippen LogP contribution in [0.1, 0.15) is 30.5 Å². The molecule has 0 heterocycles. The third kappa shape index (κ3) is 4.44. The van der Waals surface area contributed by atoms with Gasteiger partial charge in [0.25, 0.3) is 0 Å². The van der Waals surface area contributed by atoms with E-state index < -0.39 is 0 Å². The average molecular weight is 445 g/mol. The van der Waals surface area contributed by atoms with Gasteiger partial charge < -0.3 is 24.8 Å². The normalized spacial score (nSPS) is 14.5. The number of hydrogen-bond acceptors (Lipinski definition) is 6. The van der Waals surface area contributed by atoms with Gasteiger partial charge in [-0.3, -0.25) is 4.79 Å². The molecule has 0 unspecified atom stereocenters. The standard InChI is InChI=1S/C23H28N2O5S/c1-6-31-19-10-8-14-15(12-17(19)26)16(25-23(27)24-2)9-7-13-11-18(28-3)21(29-4)22(30-5)20(13)14/h8,10-12,16H,6-7,9H2,1-5H3,(H2,24,25,27)/t16-/m0/s1. The molecule has 0 saturated heterocycles. The first-order valence-electron chi connectivity index (χ1n) is 10.1. The Hall–Kier alpha value is -2.87. The van der Waals surface area contributed by atoms with Gasteiger partial charge in [-0.1, -0.05) is 13.0 Å². The van der Waals surface area contributed by atoms with Gasteiger partial charge in [-0.05, 0) is 53.5 Å². The Balaban J connectivity index is 2.37. The van der Waals surface area contributed by atoms with Crippen LogP contribution in [0.15, 0.2) is 34.0 Å². The summed E-state index contributed by atoms with van der Waals surface area (Å²) in [6, 6.07) is 6.72. The summed E-state index contributed by atoms with van der Waals surface area (Å²) < 4.78 is 16.9. The Labute approximate surface area is 186 Å². The van der Waals surface area contributed by atoms with Crippen molar-refractivity contribution in [3.63, 3.8) is 0 Å². The van der Waals surface area contributed by atoms with Gasteiger partial charge in [-0.15, -0.1) is 11.8 Å². The van der Waals surface area contributed by atoms with Gasteiger partial charge in [0.15, 0.2) is 16.9 Å².